The van der Waals surface area contributed by atoms with E-state index < -0.39 is 18.1 Å². The molecule has 3 heterocycles. The third kappa shape index (κ3) is 3.68. The van der Waals surface area contributed by atoms with Crippen molar-refractivity contribution in [3.8, 4) is 0 Å². The number of nitrogens with zero attached hydrogens (tertiary/aromatic N) is 3. The van der Waals surface area contributed by atoms with Gasteiger partial charge in [0.2, 0.25) is 5.91 Å². The summed E-state index contributed by atoms with van der Waals surface area (Å²) in [5, 5.41) is 15.2. The fraction of sp³-hybridized carbons (Fsp3) is 0.300. The largest absolute Gasteiger partial charge is 0.480 e. The van der Waals surface area contributed by atoms with Crippen LogP contribution in [-0.2, 0) is 16.0 Å². The fourth-order valence-corrected chi connectivity index (χ4v) is 4.34. The van der Waals surface area contributed by atoms with E-state index >= 15 is 0 Å². The number of carboxylic acids is 1. The lowest BCUT2D eigenvalue weighted by Crippen LogP contribution is -2.50. The molecule has 28 heavy (non-hydrogen) atoms. The number of thiophene rings is 1. The Morgan fingerprint density at radius 2 is 2.07 bits per heavy atom. The number of carbonyl (C=O) groups is 2. The highest BCUT2D eigenvalue weighted by molar-refractivity contribution is 7.16. The molecule has 144 valence electrons. The molecular weight excluding hydrogens is 376 g/mol. The van der Waals surface area contributed by atoms with Crippen molar-refractivity contribution in [3.63, 3.8) is 0 Å². The molecule has 1 aliphatic rings. The molecule has 1 amide bonds. The summed E-state index contributed by atoms with van der Waals surface area (Å²) in [6.45, 7) is 0.705. The summed E-state index contributed by atoms with van der Waals surface area (Å²) in [7, 11) is 0. The molecule has 3 aromatic rings. The Morgan fingerprint density at radius 3 is 2.86 bits per heavy atom. The Balaban J connectivity index is 1.53. The van der Waals surface area contributed by atoms with Gasteiger partial charge in [0.25, 0.3) is 0 Å². The summed E-state index contributed by atoms with van der Waals surface area (Å²) in [6, 6.07) is 9.86. The van der Waals surface area contributed by atoms with Gasteiger partial charge in [-0.05, 0) is 29.9 Å². The number of hydrogen-bond donors (Lipinski definition) is 2. The Kier molecular flexibility index (Phi) is 5.21. The predicted molar refractivity (Wildman–Crippen MR) is 107 cm³/mol. The zero-order chi connectivity index (χ0) is 19.5. The Morgan fingerprint density at radius 1 is 1.25 bits per heavy atom. The van der Waals surface area contributed by atoms with E-state index in [1.54, 1.807) is 0 Å². The first-order valence-electron chi connectivity index (χ1n) is 9.15. The molecule has 7 nitrogen and oxygen atoms in total. The maximum atomic E-state index is 13.0. The summed E-state index contributed by atoms with van der Waals surface area (Å²) in [5.41, 5.74) is 0.870. The normalized spacial score (nSPS) is 17.6. The van der Waals surface area contributed by atoms with Gasteiger partial charge in [0.1, 0.15) is 29.1 Å². The molecule has 2 unspecified atom stereocenters. The fourth-order valence-electron chi connectivity index (χ4n) is 3.62. The average molecular weight is 396 g/mol. The van der Waals surface area contributed by atoms with Crippen molar-refractivity contribution in [1.29, 1.82) is 0 Å². The summed E-state index contributed by atoms with van der Waals surface area (Å²) in [5.74, 6) is -0.578. The number of aromatic nitrogens is 2. The summed E-state index contributed by atoms with van der Waals surface area (Å²) < 4.78 is 0. The SMILES string of the molecule is O=C(O)C(Cc1ccccc1)NC(=O)C1CCCN1c1ncnc2sccc12. The lowest BCUT2D eigenvalue weighted by atomic mass is 10.1. The van der Waals surface area contributed by atoms with Gasteiger partial charge in [0, 0.05) is 13.0 Å². The maximum absolute atomic E-state index is 13.0. The number of aliphatic carboxylic acids is 1. The van der Waals surface area contributed by atoms with E-state index in [4.69, 9.17) is 0 Å². The van der Waals surface area contributed by atoms with Crippen LogP contribution in [0.4, 0.5) is 5.82 Å². The van der Waals surface area contributed by atoms with Crippen molar-refractivity contribution in [3.05, 3.63) is 53.7 Å². The third-order valence-electron chi connectivity index (χ3n) is 4.97. The molecule has 1 fully saturated rings. The summed E-state index contributed by atoms with van der Waals surface area (Å²) in [6.07, 6.45) is 3.27. The minimum Gasteiger partial charge on any atom is -0.480 e. The van der Waals surface area contributed by atoms with Crippen molar-refractivity contribution in [1.82, 2.24) is 15.3 Å². The van der Waals surface area contributed by atoms with E-state index in [1.165, 1.54) is 17.7 Å². The van der Waals surface area contributed by atoms with Crippen LogP contribution in [0.25, 0.3) is 10.2 Å². The molecule has 0 saturated carbocycles. The van der Waals surface area contributed by atoms with Crippen LogP contribution in [0, 0.1) is 0 Å². The van der Waals surface area contributed by atoms with Gasteiger partial charge in [-0.15, -0.1) is 11.3 Å². The molecule has 0 bridgehead atoms. The smallest absolute Gasteiger partial charge is 0.326 e. The summed E-state index contributed by atoms with van der Waals surface area (Å²) >= 11 is 1.53. The Labute approximate surface area is 166 Å². The third-order valence-corrected chi connectivity index (χ3v) is 5.79. The number of fused-ring (bicyclic) bond motifs is 1. The van der Waals surface area contributed by atoms with E-state index in [-0.39, 0.29) is 12.3 Å². The van der Waals surface area contributed by atoms with Crippen molar-refractivity contribution < 1.29 is 14.7 Å². The number of rotatable bonds is 6. The summed E-state index contributed by atoms with van der Waals surface area (Å²) in [4.78, 5) is 36.2. The molecule has 2 N–H and O–H groups in total. The number of amides is 1. The molecule has 4 rings (SSSR count). The number of hydrogen-bond acceptors (Lipinski definition) is 6. The van der Waals surface area contributed by atoms with E-state index in [2.05, 4.69) is 15.3 Å². The Bertz CT molecular complexity index is 991. The highest BCUT2D eigenvalue weighted by atomic mass is 32.1. The first-order chi connectivity index (χ1) is 13.6. The lowest BCUT2D eigenvalue weighted by Gasteiger charge is -2.26. The van der Waals surface area contributed by atoms with E-state index in [0.717, 1.165) is 28.0 Å². The van der Waals surface area contributed by atoms with Gasteiger partial charge in [0.05, 0.1) is 5.39 Å². The second-order valence-corrected chi connectivity index (χ2v) is 7.67. The van der Waals surface area contributed by atoms with Crippen LogP contribution in [0.15, 0.2) is 48.1 Å². The number of carboxylic acid groups (broad SMARTS) is 1. The molecule has 0 aliphatic carbocycles. The molecule has 0 spiro atoms. The second kappa shape index (κ2) is 7.93. The first-order valence-corrected chi connectivity index (χ1v) is 10.0. The number of nitrogens with one attached hydrogen (secondary N) is 1. The van der Waals surface area contributed by atoms with E-state index in [0.29, 0.717) is 13.0 Å². The van der Waals surface area contributed by atoms with Crippen LogP contribution in [-0.4, -0.2) is 45.6 Å². The number of anilines is 1. The van der Waals surface area contributed by atoms with Crippen molar-refractivity contribution in [2.75, 3.05) is 11.4 Å². The van der Waals surface area contributed by atoms with Crippen molar-refractivity contribution >= 4 is 39.2 Å². The van der Waals surface area contributed by atoms with Crippen LogP contribution in [0.5, 0.6) is 0 Å². The van der Waals surface area contributed by atoms with E-state index in [9.17, 15) is 14.7 Å². The molecule has 2 atom stereocenters. The van der Waals surface area contributed by atoms with Gasteiger partial charge < -0.3 is 15.3 Å². The molecule has 0 radical (unpaired) electrons. The minimum absolute atomic E-state index is 0.247. The van der Waals surface area contributed by atoms with Gasteiger partial charge in [-0.3, -0.25) is 4.79 Å². The minimum atomic E-state index is -1.04. The van der Waals surface area contributed by atoms with Crippen LogP contribution in [0.1, 0.15) is 18.4 Å². The monoisotopic (exact) mass is 396 g/mol. The van der Waals surface area contributed by atoms with Crippen LogP contribution < -0.4 is 10.2 Å². The zero-order valence-electron chi connectivity index (χ0n) is 15.1. The Hall–Kier alpha value is -3.00. The molecule has 1 saturated heterocycles. The molecule has 1 aromatic carbocycles. The van der Waals surface area contributed by atoms with Crippen LogP contribution >= 0.6 is 11.3 Å². The second-order valence-electron chi connectivity index (χ2n) is 6.78. The van der Waals surface area contributed by atoms with Gasteiger partial charge in [-0.2, -0.15) is 0 Å². The van der Waals surface area contributed by atoms with Gasteiger partial charge in [-0.25, -0.2) is 14.8 Å². The molecule has 8 heteroatoms. The zero-order valence-corrected chi connectivity index (χ0v) is 15.9. The van der Waals surface area contributed by atoms with Crippen LogP contribution in [0.2, 0.25) is 0 Å². The van der Waals surface area contributed by atoms with Gasteiger partial charge >= 0.3 is 5.97 Å². The van der Waals surface area contributed by atoms with Gasteiger partial charge in [0.15, 0.2) is 0 Å². The van der Waals surface area contributed by atoms with Crippen molar-refractivity contribution in [2.24, 2.45) is 0 Å². The first kappa shape index (κ1) is 18.4. The molecule has 1 aliphatic heterocycles. The van der Waals surface area contributed by atoms with E-state index in [1.807, 2.05) is 46.7 Å². The quantitative estimate of drug-likeness (QED) is 0.665. The van der Waals surface area contributed by atoms with Crippen LogP contribution in [0.3, 0.4) is 0 Å². The highest BCUT2D eigenvalue weighted by Gasteiger charge is 2.34. The highest BCUT2D eigenvalue weighted by Crippen LogP contribution is 2.31. The topological polar surface area (TPSA) is 95.4 Å². The number of carbonyl (C=O) groups excluding carboxylic acids is 1. The average Bonchev–Trinajstić information content (AvgIpc) is 3.37. The van der Waals surface area contributed by atoms with Gasteiger partial charge in [-0.1, -0.05) is 30.3 Å². The maximum Gasteiger partial charge on any atom is 0.326 e. The lowest BCUT2D eigenvalue weighted by molar-refractivity contribution is -0.141. The number of benzene rings is 1. The molecular formula is C20H20N4O3S. The predicted octanol–water partition coefficient (Wildman–Crippen LogP) is 2.47. The molecule has 2 aromatic heterocycles. The standard InChI is InChI=1S/C20H20N4O3S/c25-18(23-15(20(26)27)11-13-5-2-1-3-6-13)16-7-4-9-24(16)17-14-8-10-28-19(14)22-12-21-17/h1-3,5-6,8,10,12,15-16H,4,7,9,11H2,(H,23,25)(H,26,27). The van der Waals surface area contributed by atoms with Crippen molar-refractivity contribution in [2.45, 2.75) is 31.3 Å².